The van der Waals surface area contributed by atoms with Crippen molar-refractivity contribution >= 4 is 11.6 Å². The van der Waals surface area contributed by atoms with Crippen LogP contribution in [0.15, 0.2) is 54.9 Å². The van der Waals surface area contributed by atoms with Crippen LogP contribution in [0.2, 0.25) is 0 Å². The van der Waals surface area contributed by atoms with E-state index in [0.29, 0.717) is 24.5 Å². The number of benzene rings is 1. The van der Waals surface area contributed by atoms with Gasteiger partial charge in [-0.15, -0.1) is 0 Å². The number of nitrogens with two attached hydrogens (primary N) is 1. The van der Waals surface area contributed by atoms with Gasteiger partial charge in [0.15, 0.2) is 0 Å². The quantitative estimate of drug-likeness (QED) is 0.745. The third-order valence-electron chi connectivity index (χ3n) is 4.81. The first-order chi connectivity index (χ1) is 13.1. The van der Waals surface area contributed by atoms with E-state index in [-0.39, 0.29) is 18.9 Å². The Morgan fingerprint density at radius 2 is 2.00 bits per heavy atom. The summed E-state index contributed by atoms with van der Waals surface area (Å²) >= 11 is 0. The van der Waals surface area contributed by atoms with Crippen molar-refractivity contribution in [3.8, 4) is 11.3 Å². The van der Waals surface area contributed by atoms with Crippen molar-refractivity contribution in [2.24, 2.45) is 0 Å². The second-order valence-corrected chi connectivity index (χ2v) is 6.66. The molecule has 0 saturated heterocycles. The second kappa shape index (κ2) is 7.17. The zero-order chi connectivity index (χ0) is 18.8. The second-order valence-electron chi connectivity index (χ2n) is 6.66. The smallest absolute Gasteiger partial charge is 0.229 e. The van der Waals surface area contributed by atoms with E-state index in [9.17, 15) is 9.90 Å². The molecule has 0 unspecified atom stereocenters. The zero-order valence-electron chi connectivity index (χ0n) is 14.8. The first-order valence-electron chi connectivity index (χ1n) is 8.79. The Balaban J connectivity index is 1.52. The highest BCUT2D eigenvalue weighted by molar-refractivity contribution is 5.81. The molecular weight excluding hydrogens is 340 g/mol. The lowest BCUT2D eigenvalue weighted by atomic mass is 10.1. The molecule has 1 aromatic carbocycles. The molecule has 136 valence electrons. The summed E-state index contributed by atoms with van der Waals surface area (Å²) in [6.45, 7) is 1.12. The summed E-state index contributed by atoms with van der Waals surface area (Å²) in [6.07, 6.45) is 3.60. The van der Waals surface area contributed by atoms with Gasteiger partial charge in [-0.1, -0.05) is 18.2 Å². The molecule has 0 aliphatic carbocycles. The molecule has 3 N–H and O–H groups in total. The number of pyridine rings is 2. The minimum Gasteiger partial charge on any atom is -0.397 e. The van der Waals surface area contributed by atoms with Crippen LogP contribution < -0.4 is 5.73 Å². The van der Waals surface area contributed by atoms with Crippen LogP contribution in [0.1, 0.15) is 22.4 Å². The maximum absolute atomic E-state index is 12.8. The molecule has 1 aliphatic rings. The summed E-state index contributed by atoms with van der Waals surface area (Å²) in [5, 5.41) is 9.28. The van der Waals surface area contributed by atoms with E-state index in [4.69, 9.17) is 5.73 Å². The van der Waals surface area contributed by atoms with Crippen molar-refractivity contribution in [3.63, 3.8) is 0 Å². The lowest BCUT2D eigenvalue weighted by Gasteiger charge is -2.16. The van der Waals surface area contributed by atoms with Crippen molar-refractivity contribution in [2.45, 2.75) is 26.1 Å². The highest BCUT2D eigenvalue weighted by Crippen LogP contribution is 2.26. The number of carbonyl (C=O) groups is 1. The standard InChI is InChI=1S/C21H20N4O2/c22-18-5-6-19(15-2-1-7-23-10-15)24-20(18)9-21(27)25-11-16-4-3-14(13-26)8-17(16)12-25/h1-8,10,26H,9,11-13,22H2. The van der Waals surface area contributed by atoms with E-state index in [1.54, 1.807) is 23.4 Å². The summed E-state index contributed by atoms with van der Waals surface area (Å²) in [4.78, 5) is 23.3. The van der Waals surface area contributed by atoms with Crippen LogP contribution in [0.25, 0.3) is 11.3 Å². The number of aliphatic hydroxyl groups is 1. The third kappa shape index (κ3) is 3.52. The molecular formula is C21H20N4O2. The van der Waals surface area contributed by atoms with Crippen LogP contribution in [0.5, 0.6) is 0 Å². The van der Waals surface area contributed by atoms with Crippen molar-refractivity contribution in [1.29, 1.82) is 0 Å². The largest absolute Gasteiger partial charge is 0.397 e. The number of rotatable bonds is 4. The van der Waals surface area contributed by atoms with Crippen molar-refractivity contribution in [3.05, 3.63) is 77.2 Å². The van der Waals surface area contributed by atoms with Gasteiger partial charge < -0.3 is 15.7 Å². The number of hydrogen-bond acceptors (Lipinski definition) is 5. The van der Waals surface area contributed by atoms with Gasteiger partial charge in [0.2, 0.25) is 5.91 Å². The van der Waals surface area contributed by atoms with Crippen LogP contribution in [-0.4, -0.2) is 25.9 Å². The zero-order valence-corrected chi connectivity index (χ0v) is 14.8. The van der Waals surface area contributed by atoms with E-state index < -0.39 is 0 Å². The lowest BCUT2D eigenvalue weighted by molar-refractivity contribution is -0.131. The number of hydrogen-bond donors (Lipinski definition) is 2. The average Bonchev–Trinajstić information content (AvgIpc) is 3.13. The van der Waals surface area contributed by atoms with E-state index in [1.807, 2.05) is 36.4 Å². The highest BCUT2D eigenvalue weighted by Gasteiger charge is 2.24. The molecule has 1 amide bonds. The summed E-state index contributed by atoms with van der Waals surface area (Å²) in [7, 11) is 0. The maximum Gasteiger partial charge on any atom is 0.229 e. The lowest BCUT2D eigenvalue weighted by Crippen LogP contribution is -2.27. The van der Waals surface area contributed by atoms with E-state index in [0.717, 1.165) is 27.9 Å². The number of nitrogen functional groups attached to an aromatic ring is 1. The Kier molecular flexibility index (Phi) is 4.56. The predicted octanol–water partition coefficient (Wildman–Crippen LogP) is 2.30. The molecule has 3 aromatic rings. The number of aromatic nitrogens is 2. The molecule has 27 heavy (non-hydrogen) atoms. The maximum atomic E-state index is 12.8. The van der Waals surface area contributed by atoms with Gasteiger partial charge in [0.25, 0.3) is 0 Å². The molecule has 1 aliphatic heterocycles. The molecule has 6 nitrogen and oxygen atoms in total. The van der Waals surface area contributed by atoms with Gasteiger partial charge in [-0.25, -0.2) is 0 Å². The monoisotopic (exact) mass is 360 g/mol. The molecule has 6 heteroatoms. The fraction of sp³-hybridized carbons (Fsp3) is 0.190. The van der Waals surface area contributed by atoms with Crippen LogP contribution >= 0.6 is 0 Å². The minimum atomic E-state index is -0.0146. The molecule has 0 saturated carbocycles. The van der Waals surface area contributed by atoms with Crippen LogP contribution in [0.4, 0.5) is 5.69 Å². The SMILES string of the molecule is Nc1ccc(-c2cccnc2)nc1CC(=O)N1Cc2ccc(CO)cc2C1. The Morgan fingerprint density at radius 3 is 2.78 bits per heavy atom. The molecule has 0 bridgehead atoms. The minimum absolute atomic E-state index is 0.00279. The molecule has 3 heterocycles. The topological polar surface area (TPSA) is 92.3 Å². The van der Waals surface area contributed by atoms with Gasteiger partial charge >= 0.3 is 0 Å². The Bertz CT molecular complexity index is 989. The molecule has 0 radical (unpaired) electrons. The normalized spacial score (nSPS) is 12.9. The average molecular weight is 360 g/mol. The molecule has 2 aromatic heterocycles. The van der Waals surface area contributed by atoms with Gasteiger partial charge in [-0.2, -0.15) is 0 Å². The fourth-order valence-corrected chi connectivity index (χ4v) is 3.31. The van der Waals surface area contributed by atoms with Gasteiger partial charge in [0, 0.05) is 31.0 Å². The van der Waals surface area contributed by atoms with Crippen LogP contribution in [-0.2, 0) is 30.9 Å². The van der Waals surface area contributed by atoms with Crippen LogP contribution in [0, 0.1) is 0 Å². The highest BCUT2D eigenvalue weighted by atomic mass is 16.3. The molecule has 0 fully saturated rings. The Hall–Kier alpha value is -3.25. The first kappa shape index (κ1) is 17.2. The number of anilines is 1. The first-order valence-corrected chi connectivity index (χ1v) is 8.79. The van der Waals surface area contributed by atoms with Gasteiger partial charge in [-0.3, -0.25) is 14.8 Å². The third-order valence-corrected chi connectivity index (χ3v) is 4.81. The Morgan fingerprint density at radius 1 is 1.15 bits per heavy atom. The number of carbonyl (C=O) groups excluding carboxylic acids is 1. The van der Waals surface area contributed by atoms with E-state index >= 15 is 0 Å². The van der Waals surface area contributed by atoms with Crippen molar-refractivity contribution < 1.29 is 9.90 Å². The van der Waals surface area contributed by atoms with Gasteiger partial charge in [0.1, 0.15) is 0 Å². The van der Waals surface area contributed by atoms with E-state index in [2.05, 4.69) is 9.97 Å². The number of fused-ring (bicyclic) bond motifs is 1. The van der Waals surface area contributed by atoms with Gasteiger partial charge in [0.05, 0.1) is 30.1 Å². The summed E-state index contributed by atoms with van der Waals surface area (Å²) in [6, 6.07) is 13.2. The fourth-order valence-electron chi connectivity index (χ4n) is 3.31. The summed E-state index contributed by atoms with van der Waals surface area (Å²) in [5.41, 5.74) is 11.8. The summed E-state index contributed by atoms with van der Waals surface area (Å²) in [5.74, 6) is -0.0146. The summed E-state index contributed by atoms with van der Waals surface area (Å²) < 4.78 is 0. The Labute approximate surface area is 157 Å². The molecule has 0 spiro atoms. The van der Waals surface area contributed by atoms with E-state index in [1.165, 1.54) is 0 Å². The molecule has 0 atom stereocenters. The number of aliphatic hydroxyl groups excluding tert-OH is 1. The molecule has 4 rings (SSSR count). The number of amides is 1. The predicted molar refractivity (Wildman–Crippen MR) is 102 cm³/mol. The van der Waals surface area contributed by atoms with Gasteiger partial charge in [-0.05, 0) is 41.0 Å². The van der Waals surface area contributed by atoms with Crippen LogP contribution in [0.3, 0.4) is 0 Å². The van der Waals surface area contributed by atoms with Crippen molar-refractivity contribution in [2.75, 3.05) is 5.73 Å². The number of nitrogens with zero attached hydrogens (tertiary/aromatic N) is 3. The van der Waals surface area contributed by atoms with Crippen molar-refractivity contribution in [1.82, 2.24) is 14.9 Å².